The molecule has 0 radical (unpaired) electrons. The number of ether oxygens (including phenoxy) is 1. The van der Waals surface area contributed by atoms with E-state index in [0.717, 1.165) is 21.9 Å². The van der Waals surface area contributed by atoms with Crippen molar-refractivity contribution in [3.8, 4) is 5.75 Å². The van der Waals surface area contributed by atoms with E-state index >= 15 is 0 Å². The molecule has 1 aliphatic heterocycles. The Labute approximate surface area is 154 Å². The number of hydrogen-bond donors (Lipinski definition) is 1. The van der Waals surface area contributed by atoms with Gasteiger partial charge in [0.05, 0.1) is 12.0 Å². The van der Waals surface area contributed by atoms with Crippen molar-refractivity contribution < 1.29 is 19.4 Å². The zero-order valence-corrected chi connectivity index (χ0v) is 14.7. The summed E-state index contributed by atoms with van der Waals surface area (Å²) in [5.74, 6) is -0.367. The molecule has 0 aliphatic carbocycles. The summed E-state index contributed by atoms with van der Waals surface area (Å²) in [6, 6.07) is 15.6. The van der Waals surface area contributed by atoms with Crippen LogP contribution >= 0.6 is 11.3 Å². The van der Waals surface area contributed by atoms with Gasteiger partial charge in [0.2, 0.25) is 0 Å². The summed E-state index contributed by atoms with van der Waals surface area (Å²) >= 11 is 1.64. The third-order valence-electron chi connectivity index (χ3n) is 4.39. The number of carboxylic acid groups (broad SMARTS) is 1. The molecule has 1 N–H and O–H groups in total. The first kappa shape index (κ1) is 16.5. The summed E-state index contributed by atoms with van der Waals surface area (Å²) in [6.07, 6.45) is 3.08. The van der Waals surface area contributed by atoms with Crippen LogP contribution < -0.4 is 4.74 Å². The lowest BCUT2D eigenvalue weighted by Gasteiger charge is -2.26. The molecular formula is C21H16O4S. The largest absolute Gasteiger partial charge is 0.483 e. The van der Waals surface area contributed by atoms with E-state index in [-0.39, 0.29) is 11.9 Å². The maximum atomic E-state index is 12.6. The van der Waals surface area contributed by atoms with Gasteiger partial charge in [-0.3, -0.25) is 4.79 Å². The van der Waals surface area contributed by atoms with Crippen molar-refractivity contribution in [1.29, 1.82) is 0 Å². The Morgan fingerprint density at radius 2 is 2.08 bits per heavy atom. The van der Waals surface area contributed by atoms with Crippen molar-refractivity contribution in [1.82, 2.24) is 0 Å². The van der Waals surface area contributed by atoms with Crippen molar-refractivity contribution in [2.75, 3.05) is 0 Å². The number of rotatable bonds is 4. The number of fused-ring (bicyclic) bond motifs is 2. The van der Waals surface area contributed by atoms with Gasteiger partial charge in [0.25, 0.3) is 0 Å². The van der Waals surface area contributed by atoms with Crippen LogP contribution in [0.15, 0.2) is 60.7 Å². The van der Waals surface area contributed by atoms with Gasteiger partial charge in [-0.25, -0.2) is 4.79 Å². The molecule has 1 unspecified atom stereocenters. The summed E-state index contributed by atoms with van der Waals surface area (Å²) in [6.45, 7) is 0. The third-order valence-corrected chi connectivity index (χ3v) is 5.60. The fourth-order valence-electron chi connectivity index (χ4n) is 3.17. The van der Waals surface area contributed by atoms with E-state index in [1.54, 1.807) is 23.5 Å². The number of hydrogen-bond acceptors (Lipinski definition) is 4. The summed E-state index contributed by atoms with van der Waals surface area (Å²) in [5, 5.41) is 9.91. The van der Waals surface area contributed by atoms with Crippen LogP contribution in [0.4, 0.5) is 0 Å². The Morgan fingerprint density at radius 1 is 1.23 bits per heavy atom. The summed E-state index contributed by atoms with van der Waals surface area (Å²) in [5.41, 5.74) is 1.39. The molecule has 2 heterocycles. The van der Waals surface area contributed by atoms with Gasteiger partial charge >= 0.3 is 5.97 Å². The minimum Gasteiger partial charge on any atom is -0.483 e. The van der Waals surface area contributed by atoms with Crippen LogP contribution in [0.25, 0.3) is 10.1 Å². The second-order valence-corrected chi connectivity index (χ2v) is 7.27. The standard InChI is InChI=1S/C21H16O4S/c22-16-12-17(19-11-14-5-1-2-9-18(14)26-19)25-21-13(6-3-8-15(16)21)7-4-10-20(23)24/h1-6,8-11,17H,7,12H2,(H,23,24)/b10-4+. The number of allylic oxidation sites excluding steroid dienone is 1. The second kappa shape index (κ2) is 6.77. The topological polar surface area (TPSA) is 63.6 Å². The maximum absolute atomic E-state index is 12.6. The lowest BCUT2D eigenvalue weighted by molar-refractivity contribution is -0.131. The van der Waals surface area contributed by atoms with Gasteiger partial charge in [-0.15, -0.1) is 11.3 Å². The first-order chi connectivity index (χ1) is 12.6. The van der Waals surface area contributed by atoms with Crippen molar-refractivity contribution in [3.05, 3.63) is 76.7 Å². The number of carboxylic acids is 1. The smallest absolute Gasteiger partial charge is 0.327 e. The molecule has 0 fully saturated rings. The normalized spacial score (nSPS) is 16.6. The first-order valence-electron chi connectivity index (χ1n) is 8.31. The van der Waals surface area contributed by atoms with Gasteiger partial charge in [0.15, 0.2) is 5.78 Å². The Morgan fingerprint density at radius 3 is 2.88 bits per heavy atom. The number of benzene rings is 2. The van der Waals surface area contributed by atoms with E-state index in [1.165, 1.54) is 4.70 Å². The molecule has 1 aliphatic rings. The molecule has 0 saturated heterocycles. The lowest BCUT2D eigenvalue weighted by atomic mass is 9.96. The first-order valence-corrected chi connectivity index (χ1v) is 9.13. The predicted molar refractivity (Wildman–Crippen MR) is 101 cm³/mol. The predicted octanol–water partition coefficient (Wildman–Crippen LogP) is 4.79. The fourth-order valence-corrected chi connectivity index (χ4v) is 4.27. The van der Waals surface area contributed by atoms with E-state index in [4.69, 9.17) is 9.84 Å². The molecule has 2 aromatic carbocycles. The molecule has 3 aromatic rings. The van der Waals surface area contributed by atoms with Crippen molar-refractivity contribution in [3.63, 3.8) is 0 Å². The summed E-state index contributed by atoms with van der Waals surface area (Å²) in [7, 11) is 0. The SMILES string of the molecule is O=C(O)/C=C/Cc1cccc2c1OC(c1cc3ccccc3s1)CC2=O. The number of thiophene rings is 1. The second-order valence-electron chi connectivity index (χ2n) is 6.16. The van der Waals surface area contributed by atoms with Gasteiger partial charge in [-0.1, -0.05) is 36.4 Å². The van der Waals surface area contributed by atoms with E-state index < -0.39 is 5.97 Å². The molecule has 4 nitrogen and oxygen atoms in total. The van der Waals surface area contributed by atoms with Gasteiger partial charge in [-0.05, 0) is 35.6 Å². The van der Waals surface area contributed by atoms with Crippen LogP contribution in [-0.4, -0.2) is 16.9 Å². The quantitative estimate of drug-likeness (QED) is 0.676. The molecule has 130 valence electrons. The van der Waals surface area contributed by atoms with Crippen LogP contribution in [0.1, 0.15) is 33.3 Å². The average Bonchev–Trinajstić information content (AvgIpc) is 3.06. The Hall–Kier alpha value is -2.92. The number of para-hydroxylation sites is 1. The minimum atomic E-state index is -0.991. The van der Waals surface area contributed by atoms with Crippen LogP contribution in [0, 0.1) is 0 Å². The highest BCUT2D eigenvalue weighted by molar-refractivity contribution is 7.19. The van der Waals surface area contributed by atoms with Crippen LogP contribution in [0.5, 0.6) is 5.75 Å². The number of Topliss-reactive ketones (excluding diaryl/α,β-unsaturated/α-hetero) is 1. The molecule has 4 rings (SSSR count). The number of ketones is 1. The highest BCUT2D eigenvalue weighted by Gasteiger charge is 2.30. The van der Waals surface area contributed by atoms with E-state index in [0.29, 0.717) is 24.2 Å². The molecule has 1 atom stereocenters. The molecule has 26 heavy (non-hydrogen) atoms. The number of aliphatic carboxylic acids is 1. The van der Waals surface area contributed by atoms with E-state index in [1.807, 2.05) is 24.3 Å². The monoisotopic (exact) mass is 364 g/mol. The third kappa shape index (κ3) is 3.13. The highest BCUT2D eigenvalue weighted by Crippen LogP contribution is 2.41. The zero-order valence-electron chi connectivity index (χ0n) is 13.8. The molecule has 0 spiro atoms. The number of carbonyl (C=O) groups excluding carboxylic acids is 1. The lowest BCUT2D eigenvalue weighted by Crippen LogP contribution is -2.20. The van der Waals surface area contributed by atoms with E-state index in [2.05, 4.69) is 18.2 Å². The van der Waals surface area contributed by atoms with Crippen molar-refractivity contribution in [2.24, 2.45) is 0 Å². The molecule has 1 aromatic heterocycles. The molecule has 0 amide bonds. The Bertz CT molecular complexity index is 998. The molecule has 0 bridgehead atoms. The van der Waals surface area contributed by atoms with Crippen molar-refractivity contribution >= 4 is 33.2 Å². The van der Waals surface area contributed by atoms with Crippen LogP contribution in [-0.2, 0) is 11.2 Å². The van der Waals surface area contributed by atoms with Gasteiger partial charge in [0, 0.05) is 15.7 Å². The average molecular weight is 364 g/mol. The highest BCUT2D eigenvalue weighted by atomic mass is 32.1. The molecule has 0 saturated carbocycles. The molecule has 5 heteroatoms. The van der Waals surface area contributed by atoms with Crippen molar-refractivity contribution in [2.45, 2.75) is 18.9 Å². The minimum absolute atomic E-state index is 0.0535. The fraction of sp³-hybridized carbons (Fsp3) is 0.143. The van der Waals surface area contributed by atoms with Crippen LogP contribution in [0.2, 0.25) is 0 Å². The Balaban J connectivity index is 1.68. The zero-order chi connectivity index (χ0) is 18.1. The van der Waals surface area contributed by atoms with E-state index in [9.17, 15) is 9.59 Å². The van der Waals surface area contributed by atoms with Gasteiger partial charge < -0.3 is 9.84 Å². The number of carbonyl (C=O) groups is 2. The van der Waals surface area contributed by atoms with Gasteiger partial charge in [-0.2, -0.15) is 0 Å². The van der Waals surface area contributed by atoms with Crippen LogP contribution in [0.3, 0.4) is 0 Å². The Kier molecular flexibility index (Phi) is 4.31. The summed E-state index contributed by atoms with van der Waals surface area (Å²) in [4.78, 5) is 24.3. The molecular weight excluding hydrogens is 348 g/mol. The maximum Gasteiger partial charge on any atom is 0.327 e. The summed E-state index contributed by atoms with van der Waals surface area (Å²) < 4.78 is 7.38. The van der Waals surface area contributed by atoms with Gasteiger partial charge in [0.1, 0.15) is 11.9 Å².